The van der Waals surface area contributed by atoms with Crippen molar-refractivity contribution in [3.8, 4) is 5.75 Å². The molecule has 2 rings (SSSR count). The Bertz CT molecular complexity index is 785. The summed E-state index contributed by atoms with van der Waals surface area (Å²) in [4.78, 5) is 22.2. The molecule has 2 aromatic rings. The second-order valence-corrected chi connectivity index (χ2v) is 5.10. The third-order valence-electron chi connectivity index (χ3n) is 3.04. The van der Waals surface area contributed by atoms with Crippen LogP contribution in [0.4, 0.5) is 21.5 Å². The summed E-state index contributed by atoms with van der Waals surface area (Å²) in [6.45, 7) is -0.247. The van der Waals surface area contributed by atoms with Gasteiger partial charge in [-0.2, -0.15) is 0 Å². The van der Waals surface area contributed by atoms with E-state index in [1.807, 2.05) is 0 Å². The average Bonchev–Trinajstić information content (AvgIpc) is 2.56. The molecule has 0 unspecified atom stereocenters. The van der Waals surface area contributed by atoms with E-state index in [2.05, 4.69) is 10.6 Å². The van der Waals surface area contributed by atoms with Crippen molar-refractivity contribution in [1.82, 2.24) is 0 Å². The number of nitrogens with one attached hydrogen (secondary N) is 2. The second kappa shape index (κ2) is 7.60. The zero-order valence-electron chi connectivity index (χ0n) is 12.5. The highest BCUT2D eigenvalue weighted by atomic mass is 35.5. The van der Waals surface area contributed by atoms with Gasteiger partial charge in [-0.1, -0.05) is 11.6 Å². The summed E-state index contributed by atoms with van der Waals surface area (Å²) in [6, 6.07) is 7.71. The maximum atomic E-state index is 13.6. The Morgan fingerprint density at radius 3 is 2.71 bits per heavy atom. The summed E-state index contributed by atoms with van der Waals surface area (Å²) < 4.78 is 18.6. The molecule has 24 heavy (non-hydrogen) atoms. The van der Waals surface area contributed by atoms with Crippen molar-refractivity contribution in [3.05, 3.63) is 57.4 Å². The van der Waals surface area contributed by atoms with Crippen molar-refractivity contribution in [2.75, 3.05) is 24.3 Å². The van der Waals surface area contributed by atoms with E-state index in [9.17, 15) is 19.3 Å². The number of benzene rings is 2. The third-order valence-corrected chi connectivity index (χ3v) is 3.27. The van der Waals surface area contributed by atoms with Gasteiger partial charge in [-0.15, -0.1) is 0 Å². The van der Waals surface area contributed by atoms with Crippen LogP contribution >= 0.6 is 11.6 Å². The van der Waals surface area contributed by atoms with E-state index in [4.69, 9.17) is 16.3 Å². The lowest BCUT2D eigenvalue weighted by Gasteiger charge is -2.11. The Morgan fingerprint density at radius 2 is 2.04 bits per heavy atom. The van der Waals surface area contributed by atoms with Crippen LogP contribution in [0.2, 0.25) is 5.02 Å². The van der Waals surface area contributed by atoms with Gasteiger partial charge in [0.15, 0.2) is 0 Å². The molecule has 0 aromatic heterocycles. The van der Waals surface area contributed by atoms with E-state index in [1.54, 1.807) is 0 Å². The van der Waals surface area contributed by atoms with E-state index in [0.717, 1.165) is 6.07 Å². The molecule has 0 bridgehead atoms. The molecule has 0 aliphatic carbocycles. The van der Waals surface area contributed by atoms with Crippen molar-refractivity contribution < 1.29 is 18.8 Å². The number of amides is 1. The lowest BCUT2D eigenvalue weighted by molar-refractivity contribution is -0.384. The number of methoxy groups -OCH3 is 1. The lowest BCUT2D eigenvalue weighted by atomic mass is 10.2. The molecule has 0 fully saturated rings. The van der Waals surface area contributed by atoms with Gasteiger partial charge in [0.2, 0.25) is 5.91 Å². The monoisotopic (exact) mass is 353 g/mol. The summed E-state index contributed by atoms with van der Waals surface area (Å²) in [5.74, 6) is -0.840. The number of nitro benzene ring substituents is 1. The van der Waals surface area contributed by atoms with Gasteiger partial charge in [0, 0.05) is 17.2 Å². The Balaban J connectivity index is 2.07. The first kappa shape index (κ1) is 17.5. The first-order chi connectivity index (χ1) is 11.4. The lowest BCUT2D eigenvalue weighted by Crippen LogP contribution is -2.22. The molecular formula is C15H13ClFN3O4. The fourth-order valence-corrected chi connectivity index (χ4v) is 2.08. The number of rotatable bonds is 6. The highest BCUT2D eigenvalue weighted by Gasteiger charge is 2.13. The summed E-state index contributed by atoms with van der Waals surface area (Å²) in [7, 11) is 1.40. The number of carbonyl (C=O) groups is 1. The summed E-state index contributed by atoms with van der Waals surface area (Å²) >= 11 is 5.75. The van der Waals surface area contributed by atoms with Gasteiger partial charge in [0.05, 0.1) is 30.0 Å². The molecule has 7 nitrogen and oxygen atoms in total. The number of ether oxygens (including phenoxy) is 1. The largest absolute Gasteiger partial charge is 0.495 e. The quantitative estimate of drug-likeness (QED) is 0.613. The van der Waals surface area contributed by atoms with Gasteiger partial charge in [-0.05, 0) is 24.3 Å². The first-order valence-corrected chi connectivity index (χ1v) is 7.09. The van der Waals surface area contributed by atoms with Gasteiger partial charge in [-0.25, -0.2) is 4.39 Å². The summed E-state index contributed by atoms with van der Waals surface area (Å²) in [5.41, 5.74) is 0.0633. The van der Waals surface area contributed by atoms with E-state index in [0.29, 0.717) is 5.75 Å². The van der Waals surface area contributed by atoms with Crippen LogP contribution in [0.3, 0.4) is 0 Å². The molecule has 0 saturated carbocycles. The third kappa shape index (κ3) is 4.32. The molecule has 0 atom stereocenters. The van der Waals surface area contributed by atoms with Crippen molar-refractivity contribution in [3.63, 3.8) is 0 Å². The van der Waals surface area contributed by atoms with Gasteiger partial charge >= 0.3 is 0 Å². The summed E-state index contributed by atoms with van der Waals surface area (Å²) in [6.07, 6.45) is 0. The minimum absolute atomic E-state index is 0.0553. The van der Waals surface area contributed by atoms with Gasteiger partial charge in [-0.3, -0.25) is 14.9 Å². The van der Waals surface area contributed by atoms with Crippen molar-refractivity contribution in [2.45, 2.75) is 0 Å². The van der Waals surface area contributed by atoms with Crippen LogP contribution in [-0.2, 0) is 4.79 Å². The Labute approximate surface area is 141 Å². The molecule has 0 heterocycles. The first-order valence-electron chi connectivity index (χ1n) is 6.72. The molecule has 0 spiro atoms. The molecule has 0 radical (unpaired) electrons. The zero-order valence-corrected chi connectivity index (χ0v) is 13.3. The number of hydrogen-bond acceptors (Lipinski definition) is 5. The van der Waals surface area contributed by atoms with Crippen LogP contribution < -0.4 is 15.4 Å². The van der Waals surface area contributed by atoms with Crippen LogP contribution in [0, 0.1) is 15.9 Å². The summed E-state index contributed by atoms with van der Waals surface area (Å²) in [5, 5.41) is 16.2. The van der Waals surface area contributed by atoms with E-state index in [1.165, 1.54) is 37.4 Å². The highest BCUT2D eigenvalue weighted by Crippen LogP contribution is 2.28. The molecule has 2 aromatic carbocycles. The number of halogens is 2. The molecule has 9 heteroatoms. The topological polar surface area (TPSA) is 93.5 Å². The van der Waals surface area contributed by atoms with Gasteiger partial charge in [0.25, 0.3) is 5.69 Å². The fourth-order valence-electron chi connectivity index (χ4n) is 1.91. The minimum atomic E-state index is -0.624. The number of nitro groups is 1. The fraction of sp³-hybridized carbons (Fsp3) is 0.133. The van der Waals surface area contributed by atoms with Crippen LogP contribution in [0.1, 0.15) is 0 Å². The normalized spacial score (nSPS) is 10.1. The smallest absolute Gasteiger partial charge is 0.271 e. The predicted octanol–water partition coefficient (Wildman–Crippen LogP) is 3.45. The molecule has 0 aliphatic heterocycles. The molecule has 0 saturated heterocycles. The number of carbonyl (C=O) groups excluding carboxylic acids is 1. The van der Waals surface area contributed by atoms with Crippen LogP contribution in [0.15, 0.2) is 36.4 Å². The van der Waals surface area contributed by atoms with Gasteiger partial charge < -0.3 is 15.4 Å². The van der Waals surface area contributed by atoms with Crippen LogP contribution in [0.5, 0.6) is 5.75 Å². The molecule has 0 aliphatic rings. The number of nitrogens with zero attached hydrogens (tertiary/aromatic N) is 1. The van der Waals surface area contributed by atoms with E-state index >= 15 is 0 Å². The molecular weight excluding hydrogens is 341 g/mol. The second-order valence-electron chi connectivity index (χ2n) is 4.67. The van der Waals surface area contributed by atoms with Crippen LogP contribution in [-0.4, -0.2) is 24.5 Å². The van der Waals surface area contributed by atoms with Crippen molar-refractivity contribution in [2.24, 2.45) is 0 Å². The molecule has 126 valence electrons. The number of anilines is 2. The predicted molar refractivity (Wildman–Crippen MR) is 88.2 cm³/mol. The maximum Gasteiger partial charge on any atom is 0.271 e. The molecule has 2 N–H and O–H groups in total. The van der Waals surface area contributed by atoms with Crippen molar-refractivity contribution >= 4 is 34.6 Å². The standard InChI is InChI=1S/C15H13ClFN3O4/c1-24-14-5-3-10(20(22)23)7-13(14)18-8-15(21)19-12-6-9(16)2-4-11(12)17/h2-7,18H,8H2,1H3,(H,19,21). The SMILES string of the molecule is COc1ccc([N+](=O)[O-])cc1NCC(=O)Nc1cc(Cl)ccc1F. The van der Waals surface area contributed by atoms with Crippen LogP contribution in [0.25, 0.3) is 0 Å². The average molecular weight is 354 g/mol. The maximum absolute atomic E-state index is 13.6. The van der Waals surface area contributed by atoms with Crippen molar-refractivity contribution in [1.29, 1.82) is 0 Å². The Morgan fingerprint density at radius 1 is 1.29 bits per heavy atom. The van der Waals surface area contributed by atoms with E-state index < -0.39 is 16.6 Å². The van der Waals surface area contributed by atoms with Gasteiger partial charge in [0.1, 0.15) is 11.6 Å². The molecule has 1 amide bonds. The minimum Gasteiger partial charge on any atom is -0.495 e. The van der Waals surface area contributed by atoms with E-state index in [-0.39, 0.29) is 28.6 Å². The Hall–Kier alpha value is -2.87. The number of non-ortho nitro benzene ring substituents is 1. The highest BCUT2D eigenvalue weighted by molar-refractivity contribution is 6.30. The Kier molecular flexibility index (Phi) is 5.54. The number of hydrogen-bond donors (Lipinski definition) is 2. The zero-order chi connectivity index (χ0) is 17.7.